The Labute approximate surface area is 127 Å². The summed E-state index contributed by atoms with van der Waals surface area (Å²) in [5.41, 5.74) is 9.10. The summed E-state index contributed by atoms with van der Waals surface area (Å²) in [6, 6.07) is 15.0. The number of rotatable bonds is 2. The normalized spacial score (nSPS) is 12.6. The Bertz CT molecular complexity index is 766. The number of benzene rings is 2. The molecule has 1 atom stereocenters. The summed E-state index contributed by atoms with van der Waals surface area (Å²) in [7, 11) is 0. The third-order valence-corrected chi connectivity index (χ3v) is 4.16. The zero-order chi connectivity index (χ0) is 14.1. The number of hydrogen-bond donors (Lipinski definition) is 1. The van der Waals surface area contributed by atoms with Gasteiger partial charge in [-0.05, 0) is 29.3 Å². The lowest BCUT2D eigenvalue weighted by Gasteiger charge is -2.16. The van der Waals surface area contributed by atoms with Gasteiger partial charge < -0.3 is 5.73 Å². The second-order valence-corrected chi connectivity index (χ2v) is 5.32. The van der Waals surface area contributed by atoms with E-state index in [-0.39, 0.29) is 6.04 Å². The quantitative estimate of drug-likeness (QED) is 0.752. The summed E-state index contributed by atoms with van der Waals surface area (Å²) in [5.74, 6) is 0. The van der Waals surface area contributed by atoms with Crippen LogP contribution in [0, 0.1) is 0 Å². The van der Waals surface area contributed by atoms with Crippen LogP contribution in [0.4, 0.5) is 0 Å². The summed E-state index contributed by atoms with van der Waals surface area (Å²) in [6.45, 7) is 0. The fourth-order valence-corrected chi connectivity index (χ4v) is 2.75. The average molecular weight is 303 g/mol. The first kappa shape index (κ1) is 13.4. The van der Waals surface area contributed by atoms with Crippen molar-refractivity contribution in [2.75, 3.05) is 0 Å². The molecule has 0 fully saturated rings. The maximum Gasteiger partial charge on any atom is 0.0705 e. The van der Waals surface area contributed by atoms with Gasteiger partial charge in [0.15, 0.2) is 0 Å². The van der Waals surface area contributed by atoms with Gasteiger partial charge in [-0.15, -0.1) is 0 Å². The van der Waals surface area contributed by atoms with Crippen LogP contribution in [0.25, 0.3) is 10.9 Å². The van der Waals surface area contributed by atoms with Crippen molar-refractivity contribution in [3.63, 3.8) is 0 Å². The largest absolute Gasteiger partial charge is 0.320 e. The molecule has 2 aromatic carbocycles. The highest BCUT2D eigenvalue weighted by Crippen LogP contribution is 2.33. The van der Waals surface area contributed by atoms with Gasteiger partial charge in [0.1, 0.15) is 0 Å². The standard InChI is InChI=1S/C16H12Cl2N2/c17-13-7-1-5-12(15(13)18)16(19)11-4-2-8-14-10(11)6-3-9-20-14/h1-9,16H,19H2. The molecule has 0 aliphatic carbocycles. The van der Waals surface area contributed by atoms with E-state index in [0.29, 0.717) is 10.0 Å². The molecule has 0 saturated heterocycles. The molecule has 1 heterocycles. The molecule has 20 heavy (non-hydrogen) atoms. The Morgan fingerprint density at radius 1 is 0.900 bits per heavy atom. The number of nitrogens with zero attached hydrogens (tertiary/aromatic N) is 1. The molecule has 2 N–H and O–H groups in total. The van der Waals surface area contributed by atoms with Gasteiger partial charge in [-0.25, -0.2) is 0 Å². The van der Waals surface area contributed by atoms with Gasteiger partial charge in [0.25, 0.3) is 0 Å². The third kappa shape index (κ3) is 2.27. The van der Waals surface area contributed by atoms with Crippen LogP contribution in [0.5, 0.6) is 0 Å². The molecular formula is C16H12Cl2N2. The predicted octanol–water partition coefficient (Wildman–Crippen LogP) is 4.59. The number of hydrogen-bond acceptors (Lipinski definition) is 2. The second-order valence-electron chi connectivity index (χ2n) is 4.54. The molecule has 4 heteroatoms. The van der Waals surface area contributed by atoms with Crippen molar-refractivity contribution in [1.29, 1.82) is 0 Å². The molecule has 100 valence electrons. The van der Waals surface area contributed by atoms with Crippen molar-refractivity contribution in [3.8, 4) is 0 Å². The summed E-state index contributed by atoms with van der Waals surface area (Å²) >= 11 is 12.3. The number of halogens is 2. The Morgan fingerprint density at radius 2 is 1.65 bits per heavy atom. The third-order valence-electron chi connectivity index (χ3n) is 3.33. The summed E-state index contributed by atoms with van der Waals surface area (Å²) < 4.78 is 0. The van der Waals surface area contributed by atoms with Crippen molar-refractivity contribution in [2.45, 2.75) is 6.04 Å². The maximum absolute atomic E-state index is 6.38. The molecule has 0 aliphatic heterocycles. The molecule has 1 aromatic heterocycles. The van der Waals surface area contributed by atoms with Crippen LogP contribution in [-0.2, 0) is 0 Å². The van der Waals surface area contributed by atoms with Crippen LogP contribution < -0.4 is 5.73 Å². The van der Waals surface area contributed by atoms with Gasteiger partial charge in [0.2, 0.25) is 0 Å². The van der Waals surface area contributed by atoms with Crippen LogP contribution in [0.2, 0.25) is 10.0 Å². The molecule has 0 bridgehead atoms. The predicted molar refractivity (Wildman–Crippen MR) is 84.2 cm³/mol. The first-order valence-corrected chi connectivity index (χ1v) is 6.97. The first-order valence-electron chi connectivity index (χ1n) is 6.21. The van der Waals surface area contributed by atoms with Crippen molar-refractivity contribution >= 4 is 34.1 Å². The summed E-state index contributed by atoms with van der Waals surface area (Å²) in [6.07, 6.45) is 1.77. The molecule has 1 unspecified atom stereocenters. The van der Waals surface area contributed by atoms with Gasteiger partial charge in [-0.1, -0.05) is 53.5 Å². The SMILES string of the molecule is NC(c1cccc(Cl)c1Cl)c1cccc2ncccc12. The monoisotopic (exact) mass is 302 g/mol. The smallest absolute Gasteiger partial charge is 0.0705 e. The zero-order valence-corrected chi connectivity index (χ0v) is 12.1. The van der Waals surface area contributed by atoms with Crippen molar-refractivity contribution in [3.05, 3.63) is 75.9 Å². The van der Waals surface area contributed by atoms with Gasteiger partial charge in [0, 0.05) is 11.6 Å². The highest BCUT2D eigenvalue weighted by Gasteiger charge is 2.16. The molecule has 0 saturated carbocycles. The molecule has 3 aromatic rings. The van der Waals surface area contributed by atoms with Gasteiger partial charge >= 0.3 is 0 Å². The van der Waals surface area contributed by atoms with E-state index < -0.39 is 0 Å². The molecule has 3 rings (SSSR count). The van der Waals surface area contributed by atoms with Gasteiger partial charge in [-0.3, -0.25) is 4.98 Å². The van der Waals surface area contributed by atoms with E-state index in [1.54, 1.807) is 12.3 Å². The minimum Gasteiger partial charge on any atom is -0.320 e. The summed E-state index contributed by atoms with van der Waals surface area (Å²) in [5, 5.41) is 2.04. The van der Waals surface area contributed by atoms with Gasteiger partial charge in [-0.2, -0.15) is 0 Å². The van der Waals surface area contributed by atoms with Crippen LogP contribution in [0.3, 0.4) is 0 Å². The van der Waals surface area contributed by atoms with E-state index in [4.69, 9.17) is 28.9 Å². The Morgan fingerprint density at radius 3 is 2.50 bits per heavy atom. The molecule has 2 nitrogen and oxygen atoms in total. The Hall–Kier alpha value is -1.61. The fourth-order valence-electron chi connectivity index (χ4n) is 2.33. The maximum atomic E-state index is 6.38. The van der Waals surface area contributed by atoms with Crippen molar-refractivity contribution < 1.29 is 0 Å². The van der Waals surface area contributed by atoms with Crippen molar-refractivity contribution in [1.82, 2.24) is 4.98 Å². The van der Waals surface area contributed by atoms with Crippen LogP contribution in [-0.4, -0.2) is 4.98 Å². The van der Waals surface area contributed by atoms with E-state index in [9.17, 15) is 0 Å². The van der Waals surface area contributed by atoms with Gasteiger partial charge in [0.05, 0.1) is 21.6 Å². The molecule has 0 radical (unpaired) electrons. The van der Waals surface area contributed by atoms with Crippen LogP contribution >= 0.6 is 23.2 Å². The average Bonchev–Trinajstić information content (AvgIpc) is 2.49. The highest BCUT2D eigenvalue weighted by atomic mass is 35.5. The molecular weight excluding hydrogens is 291 g/mol. The molecule has 0 spiro atoms. The second kappa shape index (κ2) is 5.41. The lowest BCUT2D eigenvalue weighted by molar-refractivity contribution is 0.880. The Kier molecular flexibility index (Phi) is 3.62. The topological polar surface area (TPSA) is 38.9 Å². The van der Waals surface area contributed by atoms with Crippen LogP contribution in [0.15, 0.2) is 54.7 Å². The summed E-state index contributed by atoms with van der Waals surface area (Å²) in [4.78, 5) is 4.34. The lowest BCUT2D eigenvalue weighted by Crippen LogP contribution is -2.13. The number of aromatic nitrogens is 1. The highest BCUT2D eigenvalue weighted by molar-refractivity contribution is 6.42. The van der Waals surface area contributed by atoms with E-state index in [0.717, 1.165) is 22.0 Å². The number of pyridine rings is 1. The minimum atomic E-state index is -0.339. The van der Waals surface area contributed by atoms with E-state index >= 15 is 0 Å². The number of fused-ring (bicyclic) bond motifs is 1. The van der Waals surface area contributed by atoms with E-state index in [1.165, 1.54) is 0 Å². The minimum absolute atomic E-state index is 0.339. The zero-order valence-electron chi connectivity index (χ0n) is 10.6. The first-order chi connectivity index (χ1) is 9.68. The molecule has 0 amide bonds. The van der Waals surface area contributed by atoms with Crippen LogP contribution in [0.1, 0.15) is 17.2 Å². The Balaban J connectivity index is 2.18. The lowest BCUT2D eigenvalue weighted by atomic mass is 9.96. The number of nitrogens with two attached hydrogens (primary N) is 1. The van der Waals surface area contributed by atoms with E-state index in [1.807, 2.05) is 42.5 Å². The fraction of sp³-hybridized carbons (Fsp3) is 0.0625. The molecule has 0 aliphatic rings. The van der Waals surface area contributed by atoms with Crippen molar-refractivity contribution in [2.24, 2.45) is 5.73 Å². The van der Waals surface area contributed by atoms with E-state index in [2.05, 4.69) is 4.98 Å².